The average Bonchev–Trinajstić information content (AvgIpc) is 3.24. The summed E-state index contributed by atoms with van der Waals surface area (Å²) in [5.41, 5.74) is 0. The zero-order valence-corrected chi connectivity index (χ0v) is 39.0. The molecule has 1 fully saturated rings. The third-order valence-corrected chi connectivity index (χ3v) is 10.8. The van der Waals surface area contributed by atoms with Crippen LogP contribution in [-0.4, -0.2) is 97.5 Å². The summed E-state index contributed by atoms with van der Waals surface area (Å²) >= 11 is 0. The topological polar surface area (TPSA) is 178 Å². The van der Waals surface area contributed by atoms with Gasteiger partial charge >= 0.3 is 16.4 Å². The Hall–Kier alpha value is -2.46. The van der Waals surface area contributed by atoms with Gasteiger partial charge in [-0.15, -0.1) is 0 Å². The number of hydrogen-bond acceptors (Lipinski definition) is 11. The summed E-state index contributed by atoms with van der Waals surface area (Å²) in [5.74, 6) is -0.442. The third-order valence-electron chi connectivity index (χ3n) is 10.3. The van der Waals surface area contributed by atoms with E-state index in [0.29, 0.717) is 13.0 Å². The number of esters is 1. The number of allylic oxidation sites excluding steroid dienone is 12. The smallest absolute Gasteiger partial charge is 0.397 e. The molecular formula is C49H84O12S. The molecule has 1 aliphatic rings. The summed E-state index contributed by atoms with van der Waals surface area (Å²) < 4.78 is 59.1. The first-order valence-corrected chi connectivity index (χ1v) is 25.1. The second-order valence-electron chi connectivity index (χ2n) is 16.0. The first kappa shape index (κ1) is 57.6. The molecule has 0 bridgehead atoms. The summed E-state index contributed by atoms with van der Waals surface area (Å²) in [6.45, 7) is 3.82. The maximum absolute atomic E-state index is 12.9. The van der Waals surface area contributed by atoms with Crippen LogP contribution in [0.15, 0.2) is 72.9 Å². The van der Waals surface area contributed by atoms with Crippen LogP contribution in [-0.2, 0) is 38.3 Å². The van der Waals surface area contributed by atoms with Crippen LogP contribution >= 0.6 is 0 Å². The van der Waals surface area contributed by atoms with E-state index in [2.05, 4.69) is 90.9 Å². The normalized spacial score (nSPS) is 20.6. The van der Waals surface area contributed by atoms with Crippen LogP contribution in [0.3, 0.4) is 0 Å². The minimum absolute atomic E-state index is 0.0164. The van der Waals surface area contributed by atoms with E-state index in [9.17, 15) is 28.5 Å². The molecular weight excluding hydrogens is 813 g/mol. The second-order valence-corrected chi connectivity index (χ2v) is 17.0. The van der Waals surface area contributed by atoms with E-state index in [1.54, 1.807) is 0 Å². The van der Waals surface area contributed by atoms with Crippen molar-refractivity contribution in [1.82, 2.24) is 0 Å². The lowest BCUT2D eigenvalue weighted by molar-refractivity contribution is -0.301. The van der Waals surface area contributed by atoms with Gasteiger partial charge in [-0.2, -0.15) is 8.42 Å². The van der Waals surface area contributed by atoms with E-state index >= 15 is 0 Å². The zero-order valence-electron chi connectivity index (χ0n) is 38.2. The number of hydrogen-bond donors (Lipinski definition) is 4. The van der Waals surface area contributed by atoms with Crippen molar-refractivity contribution < 1.29 is 56.2 Å². The molecule has 0 aliphatic carbocycles. The van der Waals surface area contributed by atoms with Crippen LogP contribution < -0.4 is 0 Å². The minimum atomic E-state index is -5.07. The molecule has 1 saturated heterocycles. The molecule has 0 aromatic rings. The highest BCUT2D eigenvalue weighted by molar-refractivity contribution is 7.80. The number of ether oxygens (including phenoxy) is 4. The van der Waals surface area contributed by atoms with Crippen molar-refractivity contribution >= 4 is 16.4 Å². The van der Waals surface area contributed by atoms with Gasteiger partial charge in [-0.1, -0.05) is 170 Å². The molecule has 1 rings (SSSR count). The Morgan fingerprint density at radius 1 is 0.629 bits per heavy atom. The SMILES string of the molecule is CC/C=C\C/C=C\C/C=C\C/C=C\C/C=C\C/C=C\CCCCC(=O)OC(COCCCCCCCCCCCCCCCC)COC1OC(CO)C(O)C(OS(=O)(=O)O)C1O. The van der Waals surface area contributed by atoms with E-state index in [4.69, 9.17) is 23.5 Å². The Labute approximate surface area is 375 Å². The Morgan fingerprint density at radius 3 is 1.60 bits per heavy atom. The number of aliphatic hydroxyl groups is 3. The van der Waals surface area contributed by atoms with Crippen LogP contribution in [0.2, 0.25) is 0 Å². The van der Waals surface area contributed by atoms with Gasteiger partial charge in [-0.25, -0.2) is 4.18 Å². The lowest BCUT2D eigenvalue weighted by Crippen LogP contribution is -2.60. The predicted octanol–water partition coefficient (Wildman–Crippen LogP) is 10.3. The lowest BCUT2D eigenvalue weighted by atomic mass is 9.99. The van der Waals surface area contributed by atoms with Gasteiger partial charge in [0.25, 0.3) is 0 Å². The van der Waals surface area contributed by atoms with Crippen molar-refractivity contribution in [3.05, 3.63) is 72.9 Å². The van der Waals surface area contributed by atoms with Crippen molar-refractivity contribution in [2.75, 3.05) is 26.4 Å². The molecule has 0 radical (unpaired) electrons. The highest BCUT2D eigenvalue weighted by Gasteiger charge is 2.48. The molecule has 12 nitrogen and oxygen atoms in total. The third kappa shape index (κ3) is 33.1. The number of carbonyl (C=O) groups excluding carboxylic acids is 1. The Balaban J connectivity index is 2.45. The Kier molecular flexibility index (Phi) is 37.2. The molecule has 6 atom stereocenters. The molecule has 4 N–H and O–H groups in total. The van der Waals surface area contributed by atoms with Gasteiger partial charge in [0.1, 0.15) is 30.5 Å². The van der Waals surface area contributed by atoms with Crippen molar-refractivity contribution in [2.45, 2.75) is 205 Å². The molecule has 1 aliphatic heterocycles. The maximum atomic E-state index is 12.9. The van der Waals surface area contributed by atoms with Crippen LogP contribution in [0.4, 0.5) is 0 Å². The van der Waals surface area contributed by atoms with Gasteiger partial charge in [0.15, 0.2) is 6.29 Å². The lowest BCUT2D eigenvalue weighted by Gasteiger charge is -2.41. The molecule has 1 heterocycles. The van der Waals surface area contributed by atoms with Crippen molar-refractivity contribution in [2.24, 2.45) is 0 Å². The molecule has 0 spiro atoms. The van der Waals surface area contributed by atoms with Crippen molar-refractivity contribution in [3.63, 3.8) is 0 Å². The van der Waals surface area contributed by atoms with E-state index in [1.165, 1.54) is 70.6 Å². The average molecular weight is 897 g/mol. The monoisotopic (exact) mass is 897 g/mol. The van der Waals surface area contributed by atoms with Gasteiger partial charge < -0.3 is 34.3 Å². The largest absolute Gasteiger partial charge is 0.457 e. The fourth-order valence-electron chi connectivity index (χ4n) is 6.79. The molecule has 0 aromatic heterocycles. The number of carbonyl (C=O) groups is 1. The second kappa shape index (κ2) is 40.1. The van der Waals surface area contributed by atoms with E-state index in [-0.39, 0.29) is 19.6 Å². The summed E-state index contributed by atoms with van der Waals surface area (Å²) in [4.78, 5) is 12.9. The van der Waals surface area contributed by atoms with E-state index < -0.39 is 59.8 Å². The maximum Gasteiger partial charge on any atom is 0.397 e. The molecule has 0 aromatic carbocycles. The highest BCUT2D eigenvalue weighted by atomic mass is 32.3. The van der Waals surface area contributed by atoms with Crippen LogP contribution in [0.5, 0.6) is 0 Å². The minimum Gasteiger partial charge on any atom is -0.457 e. The van der Waals surface area contributed by atoms with E-state index in [0.717, 1.165) is 70.6 Å². The van der Waals surface area contributed by atoms with Gasteiger partial charge in [0, 0.05) is 13.0 Å². The molecule has 62 heavy (non-hydrogen) atoms. The van der Waals surface area contributed by atoms with E-state index in [1.807, 2.05) is 0 Å². The van der Waals surface area contributed by atoms with Crippen molar-refractivity contribution in [1.29, 1.82) is 0 Å². The van der Waals surface area contributed by atoms with Crippen LogP contribution in [0, 0.1) is 0 Å². The highest BCUT2D eigenvalue weighted by Crippen LogP contribution is 2.26. The van der Waals surface area contributed by atoms with Gasteiger partial charge in [0.05, 0.1) is 19.8 Å². The van der Waals surface area contributed by atoms with Crippen LogP contribution in [0.1, 0.15) is 168 Å². The fraction of sp³-hybridized carbons (Fsp3) is 0.735. The molecule has 13 heteroatoms. The Morgan fingerprint density at radius 2 is 1.11 bits per heavy atom. The molecule has 358 valence electrons. The van der Waals surface area contributed by atoms with Gasteiger partial charge in [-0.05, 0) is 64.2 Å². The summed E-state index contributed by atoms with van der Waals surface area (Å²) in [6.07, 6.45) is 42.2. The summed E-state index contributed by atoms with van der Waals surface area (Å²) in [6, 6.07) is 0. The first-order valence-electron chi connectivity index (χ1n) is 23.7. The molecule has 0 amide bonds. The first-order chi connectivity index (χ1) is 30.1. The summed E-state index contributed by atoms with van der Waals surface area (Å²) in [7, 11) is -5.07. The number of unbranched alkanes of at least 4 members (excludes halogenated alkanes) is 15. The van der Waals surface area contributed by atoms with Crippen LogP contribution in [0.25, 0.3) is 0 Å². The van der Waals surface area contributed by atoms with Gasteiger partial charge in [0.2, 0.25) is 0 Å². The fourth-order valence-corrected chi connectivity index (χ4v) is 7.30. The van der Waals surface area contributed by atoms with Gasteiger partial charge in [-0.3, -0.25) is 9.35 Å². The number of rotatable bonds is 40. The molecule has 6 unspecified atom stereocenters. The quantitative estimate of drug-likeness (QED) is 0.0198. The molecule has 0 saturated carbocycles. The Bertz CT molecular complexity index is 1360. The predicted molar refractivity (Wildman–Crippen MR) is 248 cm³/mol. The van der Waals surface area contributed by atoms with Crippen molar-refractivity contribution in [3.8, 4) is 0 Å². The number of aliphatic hydroxyl groups excluding tert-OH is 3. The standard InChI is InChI=1S/C49H84O12S/c1-3-5-7-9-11-13-15-17-19-20-21-22-23-24-25-26-28-30-32-34-36-38-45(51)59-43(41-57-39-37-35-33-31-29-27-18-16-14-12-10-8-6-4-2)42-58-49-47(53)48(61-62(54,55)56)46(52)44(40-50)60-49/h5,7,11,13,17,19,21-22,24-25,28,30,43-44,46-50,52-53H,3-4,6,8-10,12,14-16,18,20,23,26-27,29,31-42H2,1-2H3,(H,54,55,56)/b7-5-,13-11-,19-17-,22-21-,25-24-,30-28-. The summed E-state index contributed by atoms with van der Waals surface area (Å²) in [5, 5.41) is 30.7. The zero-order chi connectivity index (χ0) is 45.4.